The molecule has 2 aromatic heterocycles. The van der Waals surface area contributed by atoms with Gasteiger partial charge in [0.15, 0.2) is 16.9 Å². The molecule has 0 aliphatic carbocycles. The third-order valence-electron chi connectivity index (χ3n) is 2.81. The normalized spacial score (nSPS) is 10.4. The van der Waals surface area contributed by atoms with Crippen molar-refractivity contribution in [2.24, 2.45) is 0 Å². The molecule has 0 N–H and O–H groups in total. The molecule has 0 unspecified atom stereocenters. The van der Waals surface area contributed by atoms with Crippen molar-refractivity contribution >= 4 is 34.3 Å². The quantitative estimate of drug-likeness (QED) is 0.676. The topological polar surface area (TPSA) is 61.8 Å². The fourth-order valence-electron chi connectivity index (χ4n) is 2.07. The van der Waals surface area contributed by atoms with Gasteiger partial charge in [-0.2, -0.15) is 0 Å². The highest BCUT2D eigenvalue weighted by Gasteiger charge is 2.19. The summed E-state index contributed by atoms with van der Waals surface area (Å²) in [6.07, 6.45) is 1.51. The predicted molar refractivity (Wildman–Crippen MR) is 72.6 cm³/mol. The van der Waals surface area contributed by atoms with Gasteiger partial charge in [-0.25, -0.2) is 4.79 Å². The molecule has 3 aromatic rings. The summed E-state index contributed by atoms with van der Waals surface area (Å²) in [5, 5.41) is 1.35. The molecule has 5 nitrogen and oxygen atoms in total. The van der Waals surface area contributed by atoms with Gasteiger partial charge in [-0.3, -0.25) is 0 Å². The van der Waals surface area contributed by atoms with E-state index in [0.717, 1.165) is 0 Å². The number of hydrogen-bond acceptors (Lipinski definition) is 5. The minimum Gasteiger partial charge on any atom is -0.492 e. The fourth-order valence-corrected chi connectivity index (χ4v) is 2.07. The lowest BCUT2D eigenvalue weighted by atomic mass is 10.1. The van der Waals surface area contributed by atoms with Crippen molar-refractivity contribution in [2.75, 3.05) is 14.2 Å². The van der Waals surface area contributed by atoms with Crippen molar-refractivity contribution < 1.29 is 18.3 Å². The molecule has 0 aliphatic heterocycles. The molecule has 0 amide bonds. The van der Waals surface area contributed by atoms with Gasteiger partial charge in [-0.15, -0.1) is 12.4 Å². The van der Waals surface area contributed by atoms with E-state index in [4.69, 9.17) is 18.3 Å². The number of methoxy groups -OCH3 is 2. The Bertz CT molecular complexity index is 787. The lowest BCUT2D eigenvalue weighted by Crippen LogP contribution is -1.98. The Morgan fingerprint density at radius 2 is 1.68 bits per heavy atom. The van der Waals surface area contributed by atoms with Gasteiger partial charge in [-0.1, -0.05) is 0 Å². The summed E-state index contributed by atoms with van der Waals surface area (Å²) in [7, 11) is 3.06. The van der Waals surface area contributed by atoms with E-state index < -0.39 is 5.63 Å². The molecule has 100 valence electrons. The minimum absolute atomic E-state index is 0. The summed E-state index contributed by atoms with van der Waals surface area (Å²) < 4.78 is 21.2. The maximum Gasteiger partial charge on any atom is 0.336 e. The number of fused-ring (bicyclic) bond motifs is 3. The van der Waals surface area contributed by atoms with Crippen LogP contribution >= 0.6 is 12.4 Å². The van der Waals surface area contributed by atoms with Crippen LogP contribution in [0.25, 0.3) is 21.9 Å². The van der Waals surface area contributed by atoms with E-state index in [-0.39, 0.29) is 12.4 Å². The second-order valence-corrected chi connectivity index (χ2v) is 3.73. The monoisotopic (exact) mass is 282 g/mol. The van der Waals surface area contributed by atoms with Crippen LogP contribution < -0.4 is 15.1 Å². The molecule has 0 saturated heterocycles. The van der Waals surface area contributed by atoms with Gasteiger partial charge in [-0.05, 0) is 12.1 Å². The summed E-state index contributed by atoms with van der Waals surface area (Å²) in [6.45, 7) is 0. The third-order valence-corrected chi connectivity index (χ3v) is 2.81. The lowest BCUT2D eigenvalue weighted by Gasteiger charge is -2.10. The molecule has 0 atom stereocenters. The highest BCUT2D eigenvalue weighted by atomic mass is 35.5. The Hall–Kier alpha value is -2.14. The first-order chi connectivity index (χ1) is 8.76. The van der Waals surface area contributed by atoms with Gasteiger partial charge < -0.3 is 18.3 Å². The molecular formula is C13H11ClO5. The zero-order valence-corrected chi connectivity index (χ0v) is 11.1. The Morgan fingerprint density at radius 3 is 2.37 bits per heavy atom. The molecule has 3 rings (SSSR count). The Balaban J connectivity index is 0.00000133. The molecule has 0 radical (unpaired) electrons. The van der Waals surface area contributed by atoms with Crippen LogP contribution in [0.5, 0.6) is 11.5 Å². The van der Waals surface area contributed by atoms with E-state index in [0.29, 0.717) is 33.4 Å². The molecule has 1 aromatic carbocycles. The Labute approximate surface area is 114 Å². The fraction of sp³-hybridized carbons (Fsp3) is 0.154. The van der Waals surface area contributed by atoms with E-state index in [2.05, 4.69) is 0 Å². The van der Waals surface area contributed by atoms with Gasteiger partial charge in [0.2, 0.25) is 5.75 Å². The standard InChI is InChI=1S/C13H10O5.ClH/c1-15-11-7-3-4-9(14)18-10(7)8-5-6-17-12(8)13(11)16-2;/h3-6H,1-2H3;1H. The van der Waals surface area contributed by atoms with Crippen LogP contribution in [0.1, 0.15) is 0 Å². The summed E-state index contributed by atoms with van der Waals surface area (Å²) in [5.41, 5.74) is 0.511. The lowest BCUT2D eigenvalue weighted by molar-refractivity contribution is 0.356. The number of benzene rings is 1. The van der Waals surface area contributed by atoms with Crippen LogP contribution in [0.15, 0.2) is 38.1 Å². The van der Waals surface area contributed by atoms with Crippen LogP contribution in [-0.4, -0.2) is 14.2 Å². The molecule has 0 spiro atoms. The molecular weight excluding hydrogens is 272 g/mol. The van der Waals surface area contributed by atoms with Crippen molar-refractivity contribution in [3.05, 3.63) is 34.9 Å². The largest absolute Gasteiger partial charge is 0.492 e. The molecule has 0 saturated carbocycles. The zero-order chi connectivity index (χ0) is 12.7. The number of ether oxygens (including phenoxy) is 2. The second kappa shape index (κ2) is 4.85. The minimum atomic E-state index is -0.419. The molecule has 19 heavy (non-hydrogen) atoms. The van der Waals surface area contributed by atoms with Gasteiger partial charge in [0.1, 0.15) is 0 Å². The summed E-state index contributed by atoms with van der Waals surface area (Å²) in [5.74, 6) is 0.970. The predicted octanol–water partition coefficient (Wildman–Crippen LogP) is 2.98. The van der Waals surface area contributed by atoms with Crippen LogP contribution in [-0.2, 0) is 0 Å². The number of halogens is 1. The maximum atomic E-state index is 11.3. The van der Waals surface area contributed by atoms with E-state index in [1.165, 1.54) is 26.5 Å². The highest BCUT2D eigenvalue weighted by molar-refractivity contribution is 6.08. The SMILES string of the molecule is COc1c(OC)c2occc2c2oc(=O)ccc12.Cl. The number of furan rings is 1. The van der Waals surface area contributed by atoms with Crippen LogP contribution in [0.3, 0.4) is 0 Å². The average molecular weight is 283 g/mol. The third kappa shape index (κ3) is 1.82. The van der Waals surface area contributed by atoms with Crippen molar-refractivity contribution in [1.29, 1.82) is 0 Å². The maximum absolute atomic E-state index is 11.3. The number of hydrogen-bond donors (Lipinski definition) is 0. The first-order valence-electron chi connectivity index (χ1n) is 5.31. The zero-order valence-electron chi connectivity index (χ0n) is 10.3. The van der Waals surface area contributed by atoms with Gasteiger partial charge in [0.25, 0.3) is 0 Å². The molecule has 6 heteroatoms. The summed E-state index contributed by atoms with van der Waals surface area (Å²) in [4.78, 5) is 11.3. The van der Waals surface area contributed by atoms with E-state index in [1.54, 1.807) is 12.1 Å². The summed E-state index contributed by atoms with van der Waals surface area (Å²) in [6, 6.07) is 4.72. The van der Waals surface area contributed by atoms with Crippen molar-refractivity contribution in [3.63, 3.8) is 0 Å². The first kappa shape index (κ1) is 13.3. The van der Waals surface area contributed by atoms with E-state index in [9.17, 15) is 4.79 Å². The van der Waals surface area contributed by atoms with E-state index in [1.807, 2.05) is 0 Å². The van der Waals surface area contributed by atoms with E-state index >= 15 is 0 Å². The van der Waals surface area contributed by atoms with Crippen LogP contribution in [0, 0.1) is 0 Å². The van der Waals surface area contributed by atoms with Crippen molar-refractivity contribution in [2.45, 2.75) is 0 Å². The number of rotatable bonds is 2. The van der Waals surface area contributed by atoms with Crippen LogP contribution in [0.2, 0.25) is 0 Å². The second-order valence-electron chi connectivity index (χ2n) is 3.73. The van der Waals surface area contributed by atoms with Crippen molar-refractivity contribution in [3.8, 4) is 11.5 Å². The molecule has 2 heterocycles. The Kier molecular flexibility index (Phi) is 3.40. The molecule has 0 fully saturated rings. The van der Waals surface area contributed by atoms with Gasteiger partial charge >= 0.3 is 5.63 Å². The molecule has 0 aliphatic rings. The first-order valence-corrected chi connectivity index (χ1v) is 5.31. The van der Waals surface area contributed by atoms with Gasteiger partial charge in [0, 0.05) is 6.07 Å². The highest BCUT2D eigenvalue weighted by Crippen LogP contribution is 2.43. The molecule has 0 bridgehead atoms. The smallest absolute Gasteiger partial charge is 0.336 e. The van der Waals surface area contributed by atoms with Crippen molar-refractivity contribution in [1.82, 2.24) is 0 Å². The summed E-state index contributed by atoms with van der Waals surface area (Å²) >= 11 is 0. The average Bonchev–Trinajstić information content (AvgIpc) is 2.86. The Morgan fingerprint density at radius 1 is 0.947 bits per heavy atom. The van der Waals surface area contributed by atoms with Crippen LogP contribution in [0.4, 0.5) is 0 Å². The van der Waals surface area contributed by atoms with Gasteiger partial charge in [0.05, 0.1) is 31.3 Å².